The SMILES string of the molecule is C/C(=N/NC(=O)CCn1cccn1)c1c(O)n(-c2cc(C)cc(C)c2)c2cc(C(F)(F)F)ccc12. The van der Waals surface area contributed by atoms with Gasteiger partial charge >= 0.3 is 6.18 Å². The minimum atomic E-state index is -4.55. The molecule has 0 unspecified atom stereocenters. The lowest BCUT2D eigenvalue weighted by molar-refractivity contribution is -0.137. The zero-order valence-corrected chi connectivity index (χ0v) is 19.4. The van der Waals surface area contributed by atoms with Crippen LogP contribution in [0.4, 0.5) is 13.2 Å². The van der Waals surface area contributed by atoms with E-state index in [2.05, 4.69) is 15.6 Å². The Bertz CT molecular complexity index is 1400. The number of aromatic nitrogens is 3. The first-order chi connectivity index (χ1) is 16.5. The summed E-state index contributed by atoms with van der Waals surface area (Å²) >= 11 is 0. The molecule has 0 aliphatic carbocycles. The molecule has 4 rings (SSSR count). The smallest absolute Gasteiger partial charge is 0.416 e. The Kier molecular flexibility index (Phi) is 6.38. The summed E-state index contributed by atoms with van der Waals surface area (Å²) in [4.78, 5) is 12.2. The number of halogens is 3. The Hall–Kier alpha value is -4.08. The lowest BCUT2D eigenvalue weighted by atomic mass is 10.1. The van der Waals surface area contributed by atoms with Gasteiger partial charge in [0.25, 0.3) is 0 Å². The van der Waals surface area contributed by atoms with Crippen LogP contribution in [0.3, 0.4) is 0 Å². The second-order valence-electron chi connectivity index (χ2n) is 8.36. The van der Waals surface area contributed by atoms with Gasteiger partial charge in [-0.25, -0.2) is 5.43 Å². The van der Waals surface area contributed by atoms with Crippen molar-refractivity contribution in [3.05, 3.63) is 77.1 Å². The quantitative estimate of drug-likeness (QED) is 0.296. The fourth-order valence-electron chi connectivity index (χ4n) is 4.06. The summed E-state index contributed by atoms with van der Waals surface area (Å²) in [6.45, 7) is 5.68. The predicted octanol–water partition coefficient (Wildman–Crippen LogP) is 5.10. The molecule has 35 heavy (non-hydrogen) atoms. The van der Waals surface area contributed by atoms with Gasteiger partial charge < -0.3 is 5.11 Å². The van der Waals surface area contributed by atoms with Crippen LogP contribution in [0, 0.1) is 13.8 Å². The van der Waals surface area contributed by atoms with Crippen molar-refractivity contribution in [2.45, 2.75) is 39.9 Å². The number of nitrogens with one attached hydrogen (secondary N) is 1. The zero-order valence-electron chi connectivity index (χ0n) is 19.4. The van der Waals surface area contributed by atoms with Gasteiger partial charge in [-0.1, -0.05) is 12.1 Å². The van der Waals surface area contributed by atoms with Crippen molar-refractivity contribution in [2.24, 2.45) is 5.10 Å². The fourth-order valence-corrected chi connectivity index (χ4v) is 4.06. The number of amides is 1. The summed E-state index contributed by atoms with van der Waals surface area (Å²) < 4.78 is 43.4. The Morgan fingerprint density at radius 2 is 1.86 bits per heavy atom. The molecule has 182 valence electrons. The molecule has 1 amide bonds. The standard InChI is InChI=1S/C25H24F3N5O2/c1-15-11-16(2)13-19(12-15)33-21-14-18(25(26,27)28)5-6-20(21)23(24(33)35)17(3)30-31-22(34)7-10-32-9-4-8-29-32/h4-6,8-9,11-14,35H,7,10H2,1-3H3,(H,31,34)/b30-17-. The highest BCUT2D eigenvalue weighted by molar-refractivity contribution is 6.13. The maximum atomic E-state index is 13.5. The summed E-state index contributed by atoms with van der Waals surface area (Å²) in [6, 6.07) is 10.5. The van der Waals surface area contributed by atoms with E-state index in [9.17, 15) is 23.1 Å². The summed E-state index contributed by atoms with van der Waals surface area (Å²) in [5, 5.41) is 19.7. The van der Waals surface area contributed by atoms with Crippen LogP contribution in [0.1, 0.15) is 35.6 Å². The van der Waals surface area contributed by atoms with Crippen LogP contribution in [0.5, 0.6) is 5.88 Å². The molecule has 0 spiro atoms. The van der Waals surface area contributed by atoms with Gasteiger partial charge in [-0.3, -0.25) is 14.0 Å². The van der Waals surface area contributed by atoms with E-state index in [0.717, 1.165) is 23.3 Å². The molecule has 0 fully saturated rings. The summed E-state index contributed by atoms with van der Waals surface area (Å²) in [5.41, 5.74) is 4.59. The molecule has 0 radical (unpaired) electrons. The van der Waals surface area contributed by atoms with Crippen LogP contribution in [0.2, 0.25) is 0 Å². The molecule has 10 heteroatoms. The molecular formula is C25H24F3N5O2. The van der Waals surface area contributed by atoms with E-state index in [1.165, 1.54) is 10.6 Å². The Labute approximate surface area is 199 Å². The van der Waals surface area contributed by atoms with Gasteiger partial charge in [-0.05, 0) is 62.2 Å². The third-order valence-corrected chi connectivity index (χ3v) is 5.57. The van der Waals surface area contributed by atoms with Crippen molar-refractivity contribution in [1.29, 1.82) is 0 Å². The summed E-state index contributed by atoms with van der Waals surface area (Å²) in [6.07, 6.45) is -1.08. The van der Waals surface area contributed by atoms with E-state index in [1.54, 1.807) is 42.2 Å². The van der Waals surface area contributed by atoms with Crippen molar-refractivity contribution < 1.29 is 23.1 Å². The van der Waals surface area contributed by atoms with Crippen molar-refractivity contribution in [2.75, 3.05) is 0 Å². The molecule has 0 bridgehead atoms. The number of carbonyl (C=O) groups excluding carboxylic acids is 1. The number of benzene rings is 2. The number of hydrogen-bond donors (Lipinski definition) is 2. The number of carbonyl (C=O) groups is 1. The van der Waals surface area contributed by atoms with Gasteiger partial charge in [0.15, 0.2) is 0 Å². The van der Waals surface area contributed by atoms with Crippen molar-refractivity contribution >= 4 is 22.5 Å². The number of nitrogens with zero attached hydrogens (tertiary/aromatic N) is 4. The fraction of sp³-hybridized carbons (Fsp3) is 0.240. The lowest BCUT2D eigenvalue weighted by Gasteiger charge is -2.11. The normalized spacial score (nSPS) is 12.3. The van der Waals surface area contributed by atoms with Crippen molar-refractivity contribution in [1.82, 2.24) is 19.8 Å². The van der Waals surface area contributed by atoms with E-state index in [4.69, 9.17) is 0 Å². The molecule has 0 atom stereocenters. The molecule has 7 nitrogen and oxygen atoms in total. The Balaban J connectivity index is 1.76. The summed E-state index contributed by atoms with van der Waals surface area (Å²) in [5.74, 6) is -0.631. The first-order valence-electron chi connectivity index (χ1n) is 10.9. The zero-order chi connectivity index (χ0) is 25.3. The third-order valence-electron chi connectivity index (χ3n) is 5.57. The van der Waals surface area contributed by atoms with E-state index in [-0.39, 0.29) is 35.0 Å². The highest BCUT2D eigenvalue weighted by Gasteiger charge is 2.32. The number of aryl methyl sites for hydroxylation is 3. The monoisotopic (exact) mass is 483 g/mol. The minimum absolute atomic E-state index is 0.129. The summed E-state index contributed by atoms with van der Waals surface area (Å²) in [7, 11) is 0. The number of hydrazone groups is 1. The van der Waals surface area contributed by atoms with E-state index < -0.39 is 11.7 Å². The van der Waals surface area contributed by atoms with Gasteiger partial charge in [0.2, 0.25) is 11.8 Å². The van der Waals surface area contributed by atoms with E-state index >= 15 is 0 Å². The molecule has 4 aromatic rings. The van der Waals surface area contributed by atoms with E-state index in [1.807, 2.05) is 19.9 Å². The van der Waals surface area contributed by atoms with Crippen LogP contribution in [-0.4, -0.2) is 31.1 Å². The molecule has 0 saturated carbocycles. The Morgan fingerprint density at radius 1 is 1.14 bits per heavy atom. The number of hydrogen-bond acceptors (Lipinski definition) is 4. The number of alkyl halides is 3. The second-order valence-corrected chi connectivity index (χ2v) is 8.36. The maximum absolute atomic E-state index is 13.5. The average Bonchev–Trinajstić information content (AvgIpc) is 3.39. The van der Waals surface area contributed by atoms with Crippen LogP contribution < -0.4 is 5.43 Å². The molecule has 2 N–H and O–H groups in total. The number of fused-ring (bicyclic) bond motifs is 1. The van der Waals surface area contributed by atoms with Crippen molar-refractivity contribution in [3.63, 3.8) is 0 Å². The van der Waals surface area contributed by atoms with Crippen LogP contribution >= 0.6 is 0 Å². The number of rotatable bonds is 6. The second kappa shape index (κ2) is 9.28. The van der Waals surface area contributed by atoms with Crippen LogP contribution in [0.15, 0.2) is 60.0 Å². The van der Waals surface area contributed by atoms with E-state index in [0.29, 0.717) is 17.6 Å². The Morgan fingerprint density at radius 3 is 2.49 bits per heavy atom. The molecule has 0 saturated heterocycles. The predicted molar refractivity (Wildman–Crippen MR) is 127 cm³/mol. The highest BCUT2D eigenvalue weighted by atomic mass is 19.4. The third kappa shape index (κ3) is 5.06. The van der Waals surface area contributed by atoms with Gasteiger partial charge in [-0.15, -0.1) is 0 Å². The maximum Gasteiger partial charge on any atom is 0.416 e. The van der Waals surface area contributed by atoms with Gasteiger partial charge in [0, 0.05) is 36.4 Å². The number of aromatic hydroxyl groups is 1. The van der Waals surface area contributed by atoms with Crippen molar-refractivity contribution in [3.8, 4) is 11.6 Å². The highest BCUT2D eigenvalue weighted by Crippen LogP contribution is 2.39. The molecule has 0 aliphatic rings. The average molecular weight is 483 g/mol. The van der Waals surface area contributed by atoms with Crippen LogP contribution in [0.25, 0.3) is 16.6 Å². The molecule has 2 aromatic heterocycles. The molecule has 2 aromatic carbocycles. The van der Waals surface area contributed by atoms with Gasteiger partial charge in [0.05, 0.1) is 22.4 Å². The molecule has 0 aliphatic heterocycles. The minimum Gasteiger partial charge on any atom is -0.494 e. The molecular weight excluding hydrogens is 459 g/mol. The van der Waals surface area contributed by atoms with Crippen LogP contribution in [-0.2, 0) is 17.5 Å². The van der Waals surface area contributed by atoms with Gasteiger partial charge in [-0.2, -0.15) is 23.4 Å². The lowest BCUT2D eigenvalue weighted by Crippen LogP contribution is -2.21. The van der Waals surface area contributed by atoms with Gasteiger partial charge in [0.1, 0.15) is 0 Å². The first-order valence-corrected chi connectivity index (χ1v) is 10.9. The molecule has 2 heterocycles. The largest absolute Gasteiger partial charge is 0.494 e. The topological polar surface area (TPSA) is 84.4 Å². The first kappa shape index (κ1) is 24.1.